The summed E-state index contributed by atoms with van der Waals surface area (Å²) in [6.45, 7) is 5.68. The first-order valence-electron chi connectivity index (χ1n) is 14.6. The summed E-state index contributed by atoms with van der Waals surface area (Å²) in [4.78, 5) is 39.2. The van der Waals surface area contributed by atoms with Crippen LogP contribution in [0.15, 0.2) is 30.3 Å². The van der Waals surface area contributed by atoms with Crippen molar-refractivity contribution in [3.63, 3.8) is 0 Å². The smallest absolute Gasteiger partial charge is 0.326 e. The van der Waals surface area contributed by atoms with E-state index in [-0.39, 0.29) is 43.0 Å². The quantitative estimate of drug-likeness (QED) is 0.112. The third-order valence-electron chi connectivity index (χ3n) is 8.07. The van der Waals surface area contributed by atoms with Gasteiger partial charge >= 0.3 is 11.9 Å². The zero-order chi connectivity index (χ0) is 28.4. The average molecular weight is 600 g/mol. The number of aryl methyl sites for hydroxylation is 1. The third-order valence-corrected chi connectivity index (χ3v) is 10.4. The minimum absolute atomic E-state index is 0. The van der Waals surface area contributed by atoms with Gasteiger partial charge in [0.15, 0.2) is 0 Å². The maximum atomic E-state index is 14.2. The fourth-order valence-corrected chi connectivity index (χ4v) is 8.10. The van der Waals surface area contributed by atoms with Crippen molar-refractivity contribution in [2.24, 2.45) is 17.8 Å². The second-order valence-corrected chi connectivity index (χ2v) is 14.1. The van der Waals surface area contributed by atoms with Gasteiger partial charge in [0.1, 0.15) is 12.2 Å². The van der Waals surface area contributed by atoms with Gasteiger partial charge in [0, 0.05) is 25.0 Å². The number of carbonyl (C=O) groups is 3. The van der Waals surface area contributed by atoms with Crippen molar-refractivity contribution in [3.05, 3.63) is 35.9 Å². The monoisotopic (exact) mass is 599 g/mol. The molecule has 1 saturated carbocycles. The van der Waals surface area contributed by atoms with Gasteiger partial charge in [-0.1, -0.05) is 83.2 Å². The van der Waals surface area contributed by atoms with Crippen LogP contribution in [0.1, 0.15) is 84.1 Å². The number of ether oxygens (including phenoxy) is 1. The Kier molecular flexibility index (Phi) is 14.2. The molecule has 2 fully saturated rings. The van der Waals surface area contributed by atoms with Gasteiger partial charge < -0.3 is 14.7 Å². The minimum Gasteiger partial charge on any atom is -0.480 e. The van der Waals surface area contributed by atoms with Crippen molar-refractivity contribution in [2.45, 2.75) is 97.3 Å². The fraction of sp³-hybridized carbons (Fsp3) is 0.700. The Bertz CT molecular complexity index is 999. The molecule has 0 spiro atoms. The number of esters is 1. The number of amides is 1. The second kappa shape index (κ2) is 16.5. The second-order valence-electron chi connectivity index (χ2n) is 11.5. The summed E-state index contributed by atoms with van der Waals surface area (Å²) in [5.74, 6) is -1.61. The highest BCUT2D eigenvalue weighted by Crippen LogP contribution is 2.51. The molecule has 8 nitrogen and oxygen atoms in total. The van der Waals surface area contributed by atoms with Gasteiger partial charge in [0.2, 0.25) is 19.6 Å². The molecule has 1 amide bonds. The average Bonchev–Trinajstić information content (AvgIpc) is 3.38. The lowest BCUT2D eigenvalue weighted by Gasteiger charge is -2.30. The minimum atomic E-state index is -3.60. The van der Waals surface area contributed by atoms with E-state index in [0.29, 0.717) is 25.3 Å². The Hall–Kier alpha value is -1.89. The Morgan fingerprint density at radius 2 is 1.73 bits per heavy atom. The van der Waals surface area contributed by atoms with E-state index in [9.17, 15) is 24.1 Å². The van der Waals surface area contributed by atoms with Crippen molar-refractivity contribution in [2.75, 3.05) is 18.9 Å². The molecular weight excluding hydrogens is 553 g/mol. The van der Waals surface area contributed by atoms with Crippen molar-refractivity contribution in [3.8, 4) is 0 Å². The summed E-state index contributed by atoms with van der Waals surface area (Å²) in [5.41, 5.74) is 1.18. The first-order chi connectivity index (χ1) is 18.6. The van der Waals surface area contributed by atoms with Crippen LogP contribution in [0.25, 0.3) is 0 Å². The van der Waals surface area contributed by atoms with E-state index in [1.807, 2.05) is 44.2 Å². The fourth-order valence-electron chi connectivity index (χ4n) is 5.80. The van der Waals surface area contributed by atoms with Crippen molar-refractivity contribution >= 4 is 37.6 Å². The van der Waals surface area contributed by atoms with Crippen molar-refractivity contribution in [1.82, 2.24) is 4.90 Å². The maximum absolute atomic E-state index is 14.2. The standard InChI is InChI=1S/C30H46NO7P.ClH/c1-4-28(33)37-30(22(2)3)38-39(36,18-12-11-15-23-13-7-5-8-14-23)21-27(32)31-20-25(19-26(31)29(34)35)24-16-9-6-10-17-24;/h5,7-8,13-14,22,24-26,30H,4,6,9-12,15-21H2,1-3H3,(H,34,35);1H/t25-,26+,30-,39?;/m1./s1. The molecule has 2 aliphatic rings. The molecular formula is C30H47ClNO7P. The van der Waals surface area contributed by atoms with Crippen LogP contribution in [0.3, 0.4) is 0 Å². The predicted octanol–water partition coefficient (Wildman–Crippen LogP) is 6.54. The molecule has 1 aromatic carbocycles. The number of carboxylic acids is 1. The highest BCUT2D eigenvalue weighted by molar-refractivity contribution is 7.59. The van der Waals surface area contributed by atoms with E-state index >= 15 is 0 Å². The first kappa shape index (κ1) is 34.3. The van der Waals surface area contributed by atoms with E-state index in [1.165, 1.54) is 16.9 Å². The van der Waals surface area contributed by atoms with Crippen LogP contribution in [0.5, 0.6) is 0 Å². The van der Waals surface area contributed by atoms with E-state index in [4.69, 9.17) is 9.26 Å². The number of hydrogen-bond donors (Lipinski definition) is 1. The lowest BCUT2D eigenvalue weighted by atomic mass is 9.79. The normalized spacial score (nSPS) is 21.9. The Morgan fingerprint density at radius 3 is 2.33 bits per heavy atom. The van der Waals surface area contributed by atoms with Gasteiger partial charge in [-0.2, -0.15) is 0 Å². The van der Waals surface area contributed by atoms with Crippen LogP contribution in [0.2, 0.25) is 0 Å². The number of rotatable bonds is 14. The lowest BCUT2D eigenvalue weighted by Crippen LogP contribution is -2.42. The van der Waals surface area contributed by atoms with Crippen LogP contribution < -0.4 is 0 Å². The van der Waals surface area contributed by atoms with Crippen LogP contribution in [0, 0.1) is 17.8 Å². The summed E-state index contributed by atoms with van der Waals surface area (Å²) in [7, 11) is -3.60. The van der Waals surface area contributed by atoms with E-state index in [2.05, 4.69) is 0 Å². The number of halogens is 1. The van der Waals surface area contributed by atoms with Gasteiger partial charge in [-0.3, -0.25) is 18.7 Å². The number of unbranched alkanes of at least 4 members (excludes halogenated alkanes) is 1. The molecule has 40 heavy (non-hydrogen) atoms. The Balaban J connectivity index is 0.00000560. The molecule has 1 saturated heterocycles. The molecule has 1 heterocycles. The number of hydrogen-bond acceptors (Lipinski definition) is 6. The van der Waals surface area contributed by atoms with Crippen LogP contribution >= 0.6 is 19.8 Å². The summed E-state index contributed by atoms with van der Waals surface area (Å²) in [6, 6.07) is 9.10. The topological polar surface area (TPSA) is 110 Å². The molecule has 10 heteroatoms. The summed E-state index contributed by atoms with van der Waals surface area (Å²) in [6.07, 6.45) is 7.12. The molecule has 1 aliphatic carbocycles. The predicted molar refractivity (Wildman–Crippen MR) is 158 cm³/mol. The SMILES string of the molecule is CCC(=O)O[C@H](OP(=O)(CCCCc1ccccc1)CC(=O)N1C[C@H](C2CCCCC2)C[C@H]1C(=O)O)C(C)C.Cl. The highest BCUT2D eigenvalue weighted by Gasteiger charge is 2.44. The molecule has 0 aromatic heterocycles. The number of benzene rings is 1. The Morgan fingerprint density at radius 1 is 1.05 bits per heavy atom. The van der Waals surface area contributed by atoms with E-state index in [0.717, 1.165) is 38.5 Å². The number of carbonyl (C=O) groups excluding carboxylic acids is 2. The molecule has 1 aromatic rings. The van der Waals surface area contributed by atoms with E-state index < -0.39 is 37.5 Å². The summed E-state index contributed by atoms with van der Waals surface area (Å²) < 4.78 is 25.7. The molecule has 1 unspecified atom stereocenters. The zero-order valence-corrected chi connectivity index (χ0v) is 25.9. The largest absolute Gasteiger partial charge is 0.480 e. The molecule has 3 rings (SSSR count). The lowest BCUT2D eigenvalue weighted by molar-refractivity contribution is -0.169. The number of carboxylic acid groups (broad SMARTS) is 1. The maximum Gasteiger partial charge on any atom is 0.326 e. The number of aliphatic carboxylic acids is 1. The zero-order valence-electron chi connectivity index (χ0n) is 24.2. The summed E-state index contributed by atoms with van der Waals surface area (Å²) >= 11 is 0. The Labute approximate surface area is 245 Å². The first-order valence-corrected chi connectivity index (χ1v) is 16.6. The molecule has 226 valence electrons. The molecule has 1 N–H and O–H groups in total. The van der Waals surface area contributed by atoms with Crippen molar-refractivity contribution < 1.29 is 33.3 Å². The van der Waals surface area contributed by atoms with Gasteiger partial charge in [-0.25, -0.2) is 4.79 Å². The highest BCUT2D eigenvalue weighted by atomic mass is 35.5. The van der Waals surface area contributed by atoms with Crippen molar-refractivity contribution in [1.29, 1.82) is 0 Å². The third kappa shape index (κ3) is 10.2. The van der Waals surface area contributed by atoms with Gasteiger partial charge in [0.25, 0.3) is 0 Å². The van der Waals surface area contributed by atoms with Gasteiger partial charge in [0.05, 0.1) is 0 Å². The molecule has 0 bridgehead atoms. The molecule has 0 radical (unpaired) electrons. The van der Waals surface area contributed by atoms with Gasteiger partial charge in [-0.15, -0.1) is 12.4 Å². The van der Waals surface area contributed by atoms with Gasteiger partial charge in [-0.05, 0) is 43.1 Å². The van der Waals surface area contributed by atoms with Crippen LogP contribution in [-0.2, 0) is 34.6 Å². The number of nitrogens with zero attached hydrogens (tertiary/aromatic N) is 1. The van der Waals surface area contributed by atoms with Crippen LogP contribution in [0.4, 0.5) is 0 Å². The molecule has 4 atom stereocenters. The van der Waals surface area contributed by atoms with E-state index in [1.54, 1.807) is 6.92 Å². The number of likely N-dealkylation sites (tertiary alicyclic amines) is 1. The molecule has 1 aliphatic heterocycles. The summed E-state index contributed by atoms with van der Waals surface area (Å²) in [5, 5.41) is 9.92. The van der Waals surface area contributed by atoms with Crippen LogP contribution in [-0.4, -0.2) is 59.1 Å².